The topological polar surface area (TPSA) is 94.9 Å². The molecule has 6 rings (SSSR count). The van der Waals surface area contributed by atoms with Crippen molar-refractivity contribution < 1.29 is 27.1 Å². The molecule has 1 aliphatic carbocycles. The number of ether oxygens (including phenoxy) is 2. The summed E-state index contributed by atoms with van der Waals surface area (Å²) in [5, 5.41) is 0.0390. The third kappa shape index (κ3) is 4.61. The molecule has 0 atom stereocenters. The van der Waals surface area contributed by atoms with Gasteiger partial charge in [0.1, 0.15) is 11.4 Å². The number of carbonyl (C=O) groups excluding carboxylic acids is 1. The first-order valence-electron chi connectivity index (χ1n) is 13.5. The lowest BCUT2D eigenvalue weighted by molar-refractivity contribution is 0.0524. The number of sulfonamides is 1. The monoisotopic (exact) mass is 576 g/mol. The maximum absolute atomic E-state index is 15.9. The van der Waals surface area contributed by atoms with E-state index in [9.17, 15) is 18.0 Å². The summed E-state index contributed by atoms with van der Waals surface area (Å²) in [7, 11) is -2.30. The predicted molar refractivity (Wildman–Crippen MR) is 152 cm³/mol. The number of rotatable bonds is 7. The van der Waals surface area contributed by atoms with Gasteiger partial charge in [0.05, 0.1) is 35.1 Å². The lowest BCUT2D eigenvalue weighted by Crippen LogP contribution is -2.25. The molecule has 41 heavy (non-hydrogen) atoms. The molecule has 2 heterocycles. The van der Waals surface area contributed by atoms with Gasteiger partial charge in [-0.1, -0.05) is 29.8 Å². The Labute approximate surface area is 237 Å². The molecule has 0 spiro atoms. The number of hydrogen-bond acceptors (Lipinski definition) is 6. The molecule has 2 aliphatic rings. The highest BCUT2D eigenvalue weighted by atomic mass is 32.2. The second-order valence-electron chi connectivity index (χ2n) is 10.5. The van der Waals surface area contributed by atoms with Crippen molar-refractivity contribution in [1.82, 2.24) is 8.87 Å². The number of fused-ring (bicyclic) bond motifs is 2. The number of esters is 1. The summed E-state index contributed by atoms with van der Waals surface area (Å²) in [4.78, 5) is 26.1. The van der Waals surface area contributed by atoms with E-state index in [0.29, 0.717) is 11.1 Å². The van der Waals surface area contributed by atoms with E-state index < -0.39 is 27.2 Å². The zero-order valence-corrected chi connectivity index (χ0v) is 23.8. The Balaban J connectivity index is 1.45. The van der Waals surface area contributed by atoms with Gasteiger partial charge in [-0.05, 0) is 67.6 Å². The summed E-state index contributed by atoms with van der Waals surface area (Å²) in [6.45, 7) is 4.01. The molecule has 0 N–H and O–H groups in total. The average molecular weight is 577 g/mol. The molecule has 1 aliphatic heterocycles. The molecule has 10 heteroatoms. The minimum atomic E-state index is -3.72. The van der Waals surface area contributed by atoms with E-state index in [1.54, 1.807) is 49.4 Å². The number of aromatic nitrogens is 1. The molecule has 0 radical (unpaired) electrons. The van der Waals surface area contributed by atoms with Crippen LogP contribution < -0.4 is 10.2 Å². The van der Waals surface area contributed by atoms with Crippen LogP contribution in [-0.4, -0.2) is 37.0 Å². The highest BCUT2D eigenvalue weighted by Crippen LogP contribution is 2.44. The Morgan fingerprint density at radius 2 is 1.76 bits per heavy atom. The molecular formula is C31H29FN2O6S. The Hall–Kier alpha value is -4.02. The fourth-order valence-electron chi connectivity index (χ4n) is 5.46. The molecule has 3 aromatic carbocycles. The van der Waals surface area contributed by atoms with Crippen LogP contribution in [0.4, 0.5) is 4.39 Å². The standard InChI is InChI=1S/C31H29FN2O6S/c1-4-40-31(36)25-17-34(22-9-10-22)28-24(29(25)35)14-26(32)27(30(28)39-3)19-7-8-20-15-33(16-21(20)13-19)41(37,38)23-11-5-18(2)6-12-23/h5-8,11-14,17,22H,4,9-10,15-16H2,1-3H3. The third-order valence-corrected chi connectivity index (χ3v) is 9.52. The number of aryl methyl sites for hydroxylation is 1. The molecule has 0 amide bonds. The van der Waals surface area contributed by atoms with Crippen molar-refractivity contribution in [2.45, 2.75) is 50.7 Å². The number of carbonyl (C=O) groups is 1. The van der Waals surface area contributed by atoms with E-state index in [2.05, 4.69) is 0 Å². The molecule has 1 saturated carbocycles. The molecular weight excluding hydrogens is 547 g/mol. The fraction of sp³-hybridized carbons (Fsp3) is 0.290. The Bertz CT molecular complexity index is 1880. The predicted octanol–water partition coefficient (Wildman–Crippen LogP) is 5.34. The molecule has 8 nitrogen and oxygen atoms in total. The van der Waals surface area contributed by atoms with Crippen LogP contribution in [0.15, 0.2) is 64.4 Å². The summed E-state index contributed by atoms with van der Waals surface area (Å²) >= 11 is 0. The van der Waals surface area contributed by atoms with Gasteiger partial charge in [0.25, 0.3) is 0 Å². The van der Waals surface area contributed by atoms with Crippen molar-refractivity contribution in [3.63, 3.8) is 0 Å². The highest BCUT2D eigenvalue weighted by Gasteiger charge is 2.33. The van der Waals surface area contributed by atoms with Crippen LogP contribution in [0.25, 0.3) is 22.0 Å². The van der Waals surface area contributed by atoms with Gasteiger partial charge in [-0.15, -0.1) is 0 Å². The number of methoxy groups -OCH3 is 1. The van der Waals surface area contributed by atoms with Gasteiger partial charge < -0.3 is 14.0 Å². The minimum Gasteiger partial charge on any atom is -0.494 e. The van der Waals surface area contributed by atoms with Crippen LogP contribution >= 0.6 is 0 Å². The van der Waals surface area contributed by atoms with E-state index in [1.165, 1.54) is 17.6 Å². The van der Waals surface area contributed by atoms with Gasteiger partial charge >= 0.3 is 5.97 Å². The van der Waals surface area contributed by atoms with E-state index in [1.807, 2.05) is 11.5 Å². The van der Waals surface area contributed by atoms with Crippen LogP contribution in [0.1, 0.15) is 52.9 Å². The summed E-state index contributed by atoms with van der Waals surface area (Å²) in [6.07, 6.45) is 3.18. The summed E-state index contributed by atoms with van der Waals surface area (Å²) < 4.78 is 56.5. The van der Waals surface area contributed by atoms with Crippen molar-refractivity contribution in [2.24, 2.45) is 0 Å². The highest BCUT2D eigenvalue weighted by molar-refractivity contribution is 7.89. The van der Waals surface area contributed by atoms with Crippen molar-refractivity contribution >= 4 is 26.9 Å². The van der Waals surface area contributed by atoms with Gasteiger partial charge in [-0.3, -0.25) is 4.79 Å². The summed E-state index contributed by atoms with van der Waals surface area (Å²) in [5.74, 6) is -1.25. The minimum absolute atomic E-state index is 0.0390. The van der Waals surface area contributed by atoms with Crippen molar-refractivity contribution in [1.29, 1.82) is 0 Å². The number of benzene rings is 3. The summed E-state index contributed by atoms with van der Waals surface area (Å²) in [6, 6.07) is 13.2. The first kappa shape index (κ1) is 27.2. The van der Waals surface area contributed by atoms with Crippen LogP contribution in [0, 0.1) is 12.7 Å². The zero-order chi connectivity index (χ0) is 29.1. The number of nitrogens with zero attached hydrogens (tertiary/aromatic N) is 2. The van der Waals surface area contributed by atoms with Gasteiger partial charge in [0, 0.05) is 25.3 Å². The second kappa shape index (κ2) is 10.1. The SMILES string of the molecule is CCOC(=O)c1cn(C2CC2)c2c(OC)c(-c3ccc4c(c3)CN(S(=O)(=O)c3ccc(C)cc3)C4)c(F)cc2c1=O. The normalized spacial score (nSPS) is 15.2. The fourth-order valence-corrected chi connectivity index (χ4v) is 6.86. The molecule has 4 aromatic rings. The van der Waals surface area contributed by atoms with Crippen molar-refractivity contribution in [3.05, 3.63) is 93.0 Å². The Morgan fingerprint density at radius 3 is 2.41 bits per heavy atom. The molecule has 1 aromatic heterocycles. The Kier molecular flexibility index (Phi) is 6.70. The second-order valence-corrected chi connectivity index (χ2v) is 12.4. The smallest absolute Gasteiger partial charge is 0.343 e. The number of halogens is 1. The van der Waals surface area contributed by atoms with E-state index in [4.69, 9.17) is 9.47 Å². The van der Waals surface area contributed by atoms with Gasteiger partial charge in [-0.25, -0.2) is 17.6 Å². The molecule has 1 fully saturated rings. The average Bonchev–Trinajstić information content (AvgIpc) is 3.70. The van der Waals surface area contributed by atoms with Gasteiger partial charge in [-0.2, -0.15) is 4.31 Å². The molecule has 0 saturated heterocycles. The van der Waals surface area contributed by atoms with E-state index >= 15 is 4.39 Å². The molecule has 0 unspecified atom stereocenters. The summed E-state index contributed by atoms with van der Waals surface area (Å²) in [5.41, 5.74) is 2.87. The van der Waals surface area contributed by atoms with Crippen molar-refractivity contribution in [3.8, 4) is 16.9 Å². The van der Waals surface area contributed by atoms with Crippen LogP contribution in [0.5, 0.6) is 5.75 Å². The maximum atomic E-state index is 15.9. The number of pyridine rings is 1. The van der Waals surface area contributed by atoms with E-state index in [0.717, 1.165) is 35.6 Å². The molecule has 212 valence electrons. The number of hydrogen-bond donors (Lipinski definition) is 0. The van der Waals surface area contributed by atoms with Gasteiger partial charge in [0.15, 0.2) is 5.75 Å². The zero-order valence-electron chi connectivity index (χ0n) is 22.9. The van der Waals surface area contributed by atoms with E-state index in [-0.39, 0.29) is 52.9 Å². The molecule has 0 bridgehead atoms. The Morgan fingerprint density at radius 1 is 1.05 bits per heavy atom. The van der Waals surface area contributed by atoms with Crippen LogP contribution in [0.3, 0.4) is 0 Å². The van der Waals surface area contributed by atoms with Crippen LogP contribution in [-0.2, 0) is 27.8 Å². The lowest BCUT2D eigenvalue weighted by Gasteiger charge is -2.19. The van der Waals surface area contributed by atoms with Crippen molar-refractivity contribution in [2.75, 3.05) is 13.7 Å². The first-order chi connectivity index (χ1) is 19.6. The van der Waals surface area contributed by atoms with Gasteiger partial charge in [0.2, 0.25) is 15.5 Å². The maximum Gasteiger partial charge on any atom is 0.343 e. The first-order valence-corrected chi connectivity index (χ1v) is 14.9. The quantitative estimate of drug-likeness (QED) is 0.276. The lowest BCUT2D eigenvalue weighted by atomic mass is 9.97. The third-order valence-electron chi connectivity index (χ3n) is 7.71. The largest absolute Gasteiger partial charge is 0.494 e. The van der Waals surface area contributed by atoms with Crippen LogP contribution in [0.2, 0.25) is 0 Å².